The average Bonchev–Trinajstić information content (AvgIpc) is 2.96. The van der Waals surface area contributed by atoms with E-state index in [0.717, 1.165) is 17.1 Å². The molecule has 0 spiro atoms. The number of rotatable bonds is 7. The van der Waals surface area contributed by atoms with Gasteiger partial charge in [-0.25, -0.2) is 18.1 Å². The predicted molar refractivity (Wildman–Crippen MR) is 101 cm³/mol. The number of hydrogen-bond acceptors (Lipinski definition) is 4. The number of hydrogen-bond donors (Lipinski definition) is 1. The van der Waals surface area contributed by atoms with Crippen molar-refractivity contribution in [1.82, 2.24) is 9.71 Å². The first-order valence-electron chi connectivity index (χ1n) is 8.08. The molecule has 6 heteroatoms. The van der Waals surface area contributed by atoms with Gasteiger partial charge in [0.05, 0.1) is 15.6 Å². The summed E-state index contributed by atoms with van der Waals surface area (Å²) in [4.78, 5) is 6.10. The molecule has 0 fully saturated rings. The van der Waals surface area contributed by atoms with Gasteiger partial charge < -0.3 is 0 Å². The first-order chi connectivity index (χ1) is 12.0. The van der Waals surface area contributed by atoms with Crippen molar-refractivity contribution in [3.63, 3.8) is 0 Å². The summed E-state index contributed by atoms with van der Waals surface area (Å²) in [6.45, 7) is 2.35. The van der Waals surface area contributed by atoms with Crippen molar-refractivity contribution >= 4 is 21.4 Å². The first-order valence-corrected chi connectivity index (χ1v) is 10.4. The number of thiazole rings is 1. The fourth-order valence-electron chi connectivity index (χ4n) is 2.52. The highest BCUT2D eigenvalue weighted by Crippen LogP contribution is 2.22. The molecule has 25 heavy (non-hydrogen) atoms. The molecule has 3 aromatic rings. The van der Waals surface area contributed by atoms with E-state index in [4.69, 9.17) is 0 Å². The molecule has 1 N–H and O–H groups in total. The van der Waals surface area contributed by atoms with Crippen LogP contribution in [0, 0.1) is 6.92 Å². The topological polar surface area (TPSA) is 59.1 Å². The minimum Gasteiger partial charge on any atom is -0.246 e. The van der Waals surface area contributed by atoms with Crippen molar-refractivity contribution in [3.05, 3.63) is 81.8 Å². The number of nitrogens with one attached hydrogen (secondary N) is 1. The molecule has 1 aromatic heterocycles. The summed E-state index contributed by atoms with van der Waals surface area (Å²) in [5, 5.41) is 0.958. The van der Waals surface area contributed by atoms with Crippen LogP contribution in [0.3, 0.4) is 0 Å². The minimum absolute atomic E-state index is 0.287. The second-order valence-electron chi connectivity index (χ2n) is 5.74. The maximum Gasteiger partial charge on any atom is 0.240 e. The second-order valence-corrected chi connectivity index (χ2v) is 8.67. The maximum absolute atomic E-state index is 12.2. The van der Waals surface area contributed by atoms with Gasteiger partial charge in [-0.3, -0.25) is 0 Å². The van der Waals surface area contributed by atoms with Crippen molar-refractivity contribution in [1.29, 1.82) is 0 Å². The van der Waals surface area contributed by atoms with E-state index in [-0.39, 0.29) is 4.90 Å². The van der Waals surface area contributed by atoms with E-state index in [0.29, 0.717) is 13.0 Å². The normalized spacial score (nSPS) is 11.6. The van der Waals surface area contributed by atoms with E-state index in [1.165, 1.54) is 10.4 Å². The van der Waals surface area contributed by atoms with Gasteiger partial charge in [0.2, 0.25) is 10.0 Å². The lowest BCUT2D eigenvalue weighted by molar-refractivity contribution is 0.581. The number of nitrogens with zero attached hydrogens (tertiary/aromatic N) is 1. The third kappa shape index (κ3) is 4.75. The molecule has 0 bridgehead atoms. The Balaban J connectivity index is 1.60. The zero-order chi connectivity index (χ0) is 17.7. The average molecular weight is 373 g/mol. The van der Waals surface area contributed by atoms with E-state index >= 15 is 0 Å². The van der Waals surface area contributed by atoms with Gasteiger partial charge in [-0.1, -0.05) is 48.5 Å². The summed E-state index contributed by atoms with van der Waals surface area (Å²) in [5.74, 6) is 0. The summed E-state index contributed by atoms with van der Waals surface area (Å²) >= 11 is 1.65. The quantitative estimate of drug-likeness (QED) is 0.690. The van der Waals surface area contributed by atoms with E-state index < -0.39 is 10.0 Å². The van der Waals surface area contributed by atoms with Crippen LogP contribution in [0.25, 0.3) is 0 Å². The SMILES string of the molecule is Cc1nc(CCNS(=O)(=O)c2ccccc2)sc1Cc1ccccc1. The number of benzene rings is 2. The Morgan fingerprint density at radius 2 is 1.64 bits per heavy atom. The zero-order valence-corrected chi connectivity index (χ0v) is 15.6. The largest absolute Gasteiger partial charge is 0.246 e. The lowest BCUT2D eigenvalue weighted by atomic mass is 10.1. The number of aromatic nitrogens is 1. The molecular weight excluding hydrogens is 352 g/mol. The molecule has 4 nitrogen and oxygen atoms in total. The number of aryl methyl sites for hydroxylation is 1. The highest BCUT2D eigenvalue weighted by atomic mass is 32.2. The number of sulfonamides is 1. The van der Waals surface area contributed by atoms with Crippen LogP contribution in [-0.2, 0) is 22.9 Å². The standard InChI is InChI=1S/C19H20N2O2S2/c1-15-18(14-16-8-4-2-5-9-16)24-19(21-15)12-13-20-25(22,23)17-10-6-3-7-11-17/h2-11,20H,12-14H2,1H3. The highest BCUT2D eigenvalue weighted by Gasteiger charge is 2.14. The first kappa shape index (κ1) is 17.8. The van der Waals surface area contributed by atoms with Gasteiger partial charge in [0.25, 0.3) is 0 Å². The van der Waals surface area contributed by atoms with Crippen LogP contribution in [0.2, 0.25) is 0 Å². The highest BCUT2D eigenvalue weighted by molar-refractivity contribution is 7.89. The predicted octanol–water partition coefficient (Wildman–Crippen LogP) is 3.56. The van der Waals surface area contributed by atoms with E-state index in [1.54, 1.807) is 41.7 Å². The molecular formula is C19H20N2O2S2. The maximum atomic E-state index is 12.2. The van der Waals surface area contributed by atoms with E-state index in [9.17, 15) is 8.42 Å². The van der Waals surface area contributed by atoms with E-state index in [1.807, 2.05) is 25.1 Å². The fraction of sp³-hybridized carbons (Fsp3) is 0.211. The smallest absolute Gasteiger partial charge is 0.240 e. The Morgan fingerprint density at radius 3 is 2.32 bits per heavy atom. The third-order valence-electron chi connectivity index (χ3n) is 3.83. The van der Waals surface area contributed by atoms with Gasteiger partial charge in [0, 0.05) is 24.3 Å². The Bertz CT molecular complexity index is 921. The molecule has 0 atom stereocenters. The molecule has 2 aromatic carbocycles. The molecule has 0 aliphatic rings. The van der Waals surface area contributed by atoms with Crippen LogP contribution in [-0.4, -0.2) is 19.9 Å². The Morgan fingerprint density at radius 1 is 1.00 bits per heavy atom. The monoisotopic (exact) mass is 372 g/mol. The van der Waals surface area contributed by atoms with Crippen LogP contribution in [0.15, 0.2) is 65.6 Å². The Hall–Kier alpha value is -2.02. The van der Waals surface area contributed by atoms with Crippen molar-refractivity contribution in [3.8, 4) is 0 Å². The molecule has 0 aliphatic heterocycles. The molecule has 0 unspecified atom stereocenters. The van der Waals surface area contributed by atoms with Gasteiger partial charge in [0.15, 0.2) is 0 Å². The molecule has 0 saturated carbocycles. The second kappa shape index (κ2) is 7.91. The lowest BCUT2D eigenvalue weighted by Gasteiger charge is -2.05. The van der Waals surface area contributed by atoms with Crippen LogP contribution in [0.4, 0.5) is 0 Å². The molecule has 0 radical (unpaired) electrons. The van der Waals surface area contributed by atoms with Crippen molar-refractivity contribution in [2.45, 2.75) is 24.7 Å². The summed E-state index contributed by atoms with van der Waals surface area (Å²) in [6, 6.07) is 18.7. The summed E-state index contributed by atoms with van der Waals surface area (Å²) in [7, 11) is -3.46. The fourth-order valence-corrected chi connectivity index (χ4v) is 4.67. The molecule has 1 heterocycles. The van der Waals surface area contributed by atoms with Gasteiger partial charge in [-0.2, -0.15) is 0 Å². The Kier molecular flexibility index (Phi) is 5.63. The third-order valence-corrected chi connectivity index (χ3v) is 6.52. The van der Waals surface area contributed by atoms with Crippen molar-refractivity contribution in [2.75, 3.05) is 6.54 Å². The van der Waals surface area contributed by atoms with Crippen LogP contribution in [0.5, 0.6) is 0 Å². The van der Waals surface area contributed by atoms with Gasteiger partial charge in [0.1, 0.15) is 0 Å². The minimum atomic E-state index is -3.46. The lowest BCUT2D eigenvalue weighted by Crippen LogP contribution is -2.25. The molecule has 0 aliphatic carbocycles. The molecule has 0 amide bonds. The van der Waals surface area contributed by atoms with Crippen molar-refractivity contribution in [2.24, 2.45) is 0 Å². The van der Waals surface area contributed by atoms with Crippen LogP contribution < -0.4 is 4.72 Å². The molecule has 3 rings (SSSR count). The Labute approximate surface area is 152 Å². The van der Waals surface area contributed by atoms with E-state index in [2.05, 4.69) is 21.8 Å². The van der Waals surface area contributed by atoms with Crippen molar-refractivity contribution < 1.29 is 8.42 Å². The van der Waals surface area contributed by atoms with Crippen LogP contribution >= 0.6 is 11.3 Å². The van der Waals surface area contributed by atoms with Gasteiger partial charge in [-0.15, -0.1) is 11.3 Å². The summed E-state index contributed by atoms with van der Waals surface area (Å²) < 4.78 is 27.1. The summed E-state index contributed by atoms with van der Waals surface area (Å²) in [6.07, 6.45) is 1.45. The zero-order valence-electron chi connectivity index (χ0n) is 14.0. The van der Waals surface area contributed by atoms with Gasteiger partial charge in [-0.05, 0) is 24.6 Å². The van der Waals surface area contributed by atoms with Gasteiger partial charge >= 0.3 is 0 Å². The molecule has 130 valence electrons. The summed E-state index contributed by atoms with van der Waals surface area (Å²) in [5.41, 5.74) is 2.28. The molecule has 0 saturated heterocycles. The van der Waals surface area contributed by atoms with Crippen LogP contribution in [0.1, 0.15) is 21.1 Å².